The third kappa shape index (κ3) is 2.36. The van der Waals surface area contributed by atoms with Crippen molar-refractivity contribution >= 4 is 17.8 Å². The number of carbonyl (C=O) groups is 1. The van der Waals surface area contributed by atoms with Gasteiger partial charge in [0.05, 0.1) is 11.8 Å². The number of hydrogen-bond donors (Lipinski definition) is 1. The molecule has 114 valence electrons. The quantitative estimate of drug-likeness (QED) is 0.880. The number of carbonyl (C=O) groups excluding carboxylic acids is 1. The maximum Gasteiger partial charge on any atom is 0.416 e. The number of rotatable bonds is 1. The summed E-state index contributed by atoms with van der Waals surface area (Å²) < 4.78 is 44.5. The number of nitrogens with one attached hydrogen (secondary N) is 1. The molecule has 0 fully saturated rings. The summed E-state index contributed by atoms with van der Waals surface area (Å²) in [6.45, 7) is 1.56. The molecule has 0 bridgehead atoms. The van der Waals surface area contributed by atoms with Gasteiger partial charge in [0.25, 0.3) is 5.91 Å². The Balaban J connectivity index is 2.20. The number of halogens is 3. The zero-order valence-electron chi connectivity index (χ0n) is 11.3. The van der Waals surface area contributed by atoms with Crippen molar-refractivity contribution in [3.63, 3.8) is 0 Å². The van der Waals surface area contributed by atoms with Gasteiger partial charge in [0.2, 0.25) is 0 Å². The van der Waals surface area contributed by atoms with Gasteiger partial charge in [0.1, 0.15) is 17.4 Å². The first-order valence-corrected chi connectivity index (χ1v) is 6.34. The summed E-state index contributed by atoms with van der Waals surface area (Å²) in [5.74, 6) is -0.233. The number of amides is 1. The third-order valence-corrected chi connectivity index (χ3v) is 3.30. The highest BCUT2D eigenvalue weighted by Crippen LogP contribution is 2.40. The van der Waals surface area contributed by atoms with Crippen LogP contribution in [0.4, 0.5) is 18.9 Å². The van der Waals surface area contributed by atoms with E-state index in [0.717, 1.165) is 12.3 Å². The molecule has 0 spiro atoms. The van der Waals surface area contributed by atoms with Crippen molar-refractivity contribution in [3.8, 4) is 0 Å². The molecule has 1 amide bonds. The average Bonchev–Trinajstić information content (AvgIpc) is 2.71. The summed E-state index contributed by atoms with van der Waals surface area (Å²) in [5.41, 5.74) is -0.504. The molecule has 0 aliphatic carbocycles. The van der Waals surface area contributed by atoms with Gasteiger partial charge < -0.3 is 9.84 Å². The number of benzene rings is 1. The predicted octanol–water partition coefficient (Wildman–Crippen LogP) is 3.11. The van der Waals surface area contributed by atoms with E-state index in [9.17, 15) is 18.0 Å². The van der Waals surface area contributed by atoms with Gasteiger partial charge in [-0.2, -0.15) is 13.2 Å². The molecule has 1 unspecified atom stereocenters. The van der Waals surface area contributed by atoms with E-state index >= 15 is 0 Å². The van der Waals surface area contributed by atoms with Crippen molar-refractivity contribution < 1.29 is 22.5 Å². The summed E-state index contributed by atoms with van der Waals surface area (Å²) in [5, 5.41) is 6.26. The van der Waals surface area contributed by atoms with Gasteiger partial charge in [-0.05, 0) is 18.6 Å². The van der Waals surface area contributed by atoms with E-state index in [2.05, 4.69) is 15.5 Å². The van der Waals surface area contributed by atoms with E-state index < -0.39 is 23.7 Å². The first-order valence-electron chi connectivity index (χ1n) is 6.34. The van der Waals surface area contributed by atoms with Crippen molar-refractivity contribution in [2.45, 2.75) is 19.1 Å². The monoisotopic (exact) mass is 309 g/mol. The van der Waals surface area contributed by atoms with Gasteiger partial charge in [-0.3, -0.25) is 9.79 Å². The maximum atomic E-state index is 13.2. The van der Waals surface area contributed by atoms with E-state index in [1.165, 1.54) is 18.2 Å². The smallest absolute Gasteiger partial charge is 0.359 e. The van der Waals surface area contributed by atoms with Crippen LogP contribution in [0.15, 0.2) is 33.8 Å². The number of anilines is 1. The van der Waals surface area contributed by atoms with Crippen LogP contribution in [0.5, 0.6) is 0 Å². The Morgan fingerprint density at radius 1 is 1.27 bits per heavy atom. The minimum atomic E-state index is -4.53. The lowest BCUT2D eigenvalue weighted by Crippen LogP contribution is -2.12. The van der Waals surface area contributed by atoms with Gasteiger partial charge >= 0.3 is 6.18 Å². The number of aliphatic imine (C=N–C) groups is 1. The molecule has 2 aromatic rings. The van der Waals surface area contributed by atoms with E-state index in [0.29, 0.717) is 5.76 Å². The molecule has 8 heteroatoms. The molecular formula is C14H10F3N3O2. The number of alkyl halides is 3. The van der Waals surface area contributed by atoms with Crippen molar-refractivity contribution in [3.05, 3.63) is 46.8 Å². The number of fused-ring (bicyclic) bond motifs is 1. The molecule has 0 saturated heterocycles. The van der Waals surface area contributed by atoms with Crippen molar-refractivity contribution in [1.29, 1.82) is 0 Å². The molecule has 1 aromatic carbocycles. The fraction of sp³-hybridized carbons (Fsp3) is 0.214. The number of hydrogen-bond acceptors (Lipinski definition) is 4. The first-order chi connectivity index (χ1) is 10.4. The Morgan fingerprint density at radius 2 is 2.00 bits per heavy atom. The van der Waals surface area contributed by atoms with Gasteiger partial charge in [0, 0.05) is 0 Å². The fourth-order valence-electron chi connectivity index (χ4n) is 2.32. The van der Waals surface area contributed by atoms with E-state index in [1.807, 2.05) is 0 Å². The SMILES string of the molecule is Cc1onc2c1NC(=O)C=NC2c1ccccc1C(F)(F)F. The molecule has 0 saturated carbocycles. The zero-order chi connectivity index (χ0) is 15.9. The average molecular weight is 309 g/mol. The lowest BCUT2D eigenvalue weighted by Gasteiger charge is -2.16. The van der Waals surface area contributed by atoms with Crippen LogP contribution in [0.3, 0.4) is 0 Å². The molecular weight excluding hydrogens is 299 g/mol. The Bertz CT molecular complexity index is 765. The van der Waals surface area contributed by atoms with E-state index in [1.54, 1.807) is 6.92 Å². The van der Waals surface area contributed by atoms with Gasteiger partial charge in [-0.25, -0.2) is 0 Å². The van der Waals surface area contributed by atoms with E-state index in [4.69, 9.17) is 4.52 Å². The summed E-state index contributed by atoms with van der Waals surface area (Å²) in [7, 11) is 0. The van der Waals surface area contributed by atoms with Gasteiger partial charge in [0.15, 0.2) is 5.76 Å². The van der Waals surface area contributed by atoms with Crippen LogP contribution in [-0.2, 0) is 11.0 Å². The molecule has 22 heavy (non-hydrogen) atoms. The minimum absolute atomic E-state index is 0.0858. The van der Waals surface area contributed by atoms with Crippen molar-refractivity contribution in [2.75, 3.05) is 5.32 Å². The highest BCUT2D eigenvalue weighted by atomic mass is 19.4. The number of aromatic nitrogens is 1. The van der Waals surface area contributed by atoms with Gasteiger partial charge in [-0.15, -0.1) is 0 Å². The standard InChI is InChI=1S/C14H10F3N3O2/c1-7-11-13(20-22-7)12(18-6-10(21)19-11)8-4-2-3-5-9(8)14(15,16)17/h2-6,12H,1H3,(H,19,21). The van der Waals surface area contributed by atoms with Crippen LogP contribution in [0.25, 0.3) is 0 Å². The maximum absolute atomic E-state index is 13.2. The molecule has 1 atom stereocenters. The summed E-state index contributed by atoms with van der Waals surface area (Å²) in [6, 6.07) is 3.99. The van der Waals surface area contributed by atoms with Crippen LogP contribution in [-0.4, -0.2) is 17.3 Å². The number of nitrogens with zero attached hydrogens (tertiary/aromatic N) is 2. The summed E-state index contributed by atoms with van der Waals surface area (Å²) in [6.07, 6.45) is -3.58. The van der Waals surface area contributed by atoms with Crippen LogP contribution in [0.2, 0.25) is 0 Å². The largest absolute Gasteiger partial charge is 0.416 e. The number of aryl methyl sites for hydroxylation is 1. The van der Waals surface area contributed by atoms with Crippen LogP contribution in [0.1, 0.15) is 28.6 Å². The topological polar surface area (TPSA) is 67.5 Å². The van der Waals surface area contributed by atoms with Crippen LogP contribution < -0.4 is 5.32 Å². The second kappa shape index (κ2) is 4.97. The van der Waals surface area contributed by atoms with Crippen molar-refractivity contribution in [2.24, 2.45) is 4.99 Å². The fourth-order valence-corrected chi connectivity index (χ4v) is 2.32. The Kier molecular flexibility index (Phi) is 3.23. The molecule has 5 nitrogen and oxygen atoms in total. The first kappa shape index (κ1) is 14.3. The molecule has 0 radical (unpaired) electrons. The second-order valence-corrected chi connectivity index (χ2v) is 4.75. The minimum Gasteiger partial charge on any atom is -0.359 e. The molecule has 1 aliphatic heterocycles. The highest BCUT2D eigenvalue weighted by Gasteiger charge is 2.37. The third-order valence-electron chi connectivity index (χ3n) is 3.30. The van der Waals surface area contributed by atoms with E-state index in [-0.39, 0.29) is 16.9 Å². The molecule has 1 aromatic heterocycles. The van der Waals surface area contributed by atoms with Crippen molar-refractivity contribution in [1.82, 2.24) is 5.16 Å². The molecule has 3 rings (SSSR count). The Morgan fingerprint density at radius 3 is 2.73 bits per heavy atom. The predicted molar refractivity (Wildman–Crippen MR) is 71.6 cm³/mol. The van der Waals surface area contributed by atoms with Crippen LogP contribution in [0, 0.1) is 6.92 Å². The summed E-state index contributed by atoms with van der Waals surface area (Å²) in [4.78, 5) is 15.5. The Hall–Kier alpha value is -2.64. The lowest BCUT2D eigenvalue weighted by molar-refractivity contribution is -0.138. The molecule has 2 heterocycles. The highest BCUT2D eigenvalue weighted by molar-refractivity contribution is 6.32. The normalized spacial score (nSPS) is 17.8. The van der Waals surface area contributed by atoms with Gasteiger partial charge in [-0.1, -0.05) is 23.4 Å². The second-order valence-electron chi connectivity index (χ2n) is 4.75. The molecule has 1 aliphatic rings. The summed E-state index contributed by atoms with van der Waals surface area (Å²) >= 11 is 0. The Labute approximate surface area is 122 Å². The molecule has 1 N–H and O–H groups in total. The zero-order valence-corrected chi connectivity index (χ0v) is 11.3. The van der Waals surface area contributed by atoms with Crippen LogP contribution >= 0.6 is 0 Å². The lowest BCUT2D eigenvalue weighted by atomic mass is 9.97.